The first-order valence-electron chi connectivity index (χ1n) is 8.84. The number of para-hydroxylation sites is 1. The monoisotopic (exact) mass is 407 g/mol. The number of methoxy groups -OCH3 is 1. The number of ether oxygens (including phenoxy) is 1. The van der Waals surface area contributed by atoms with Gasteiger partial charge in [-0.05, 0) is 12.1 Å². The largest absolute Gasteiger partial charge is 0.494 e. The molecule has 1 aliphatic heterocycles. The van der Waals surface area contributed by atoms with Gasteiger partial charge in [0.15, 0.2) is 5.13 Å². The fraction of sp³-hybridized carbons (Fsp3) is 0.389. The van der Waals surface area contributed by atoms with Gasteiger partial charge in [0.1, 0.15) is 17.8 Å². The van der Waals surface area contributed by atoms with Crippen LogP contribution in [-0.2, 0) is 6.54 Å². The van der Waals surface area contributed by atoms with Crippen molar-refractivity contribution in [3.05, 3.63) is 40.8 Å². The molecular formula is C18H19F2N5O2S. The van der Waals surface area contributed by atoms with E-state index in [9.17, 15) is 13.6 Å². The van der Waals surface area contributed by atoms with Crippen LogP contribution in [0.1, 0.15) is 0 Å². The Hall–Kier alpha value is -2.75. The molecule has 1 aromatic carbocycles. The van der Waals surface area contributed by atoms with E-state index < -0.39 is 18.5 Å². The van der Waals surface area contributed by atoms with Gasteiger partial charge in [0.05, 0.1) is 23.7 Å². The number of alkyl halides is 2. The SMILES string of the molecule is COc1cccc2sc(N3CCN(c4cnn(CC(F)F)c(=O)c4)CC3)nc12. The van der Waals surface area contributed by atoms with E-state index in [-0.39, 0.29) is 0 Å². The molecule has 3 aromatic rings. The lowest BCUT2D eigenvalue weighted by atomic mass is 10.3. The molecule has 3 heterocycles. The maximum absolute atomic E-state index is 12.5. The number of thiazole rings is 1. The Kier molecular flexibility index (Phi) is 5.12. The molecule has 0 atom stereocenters. The predicted molar refractivity (Wildman–Crippen MR) is 105 cm³/mol. The van der Waals surface area contributed by atoms with Crippen molar-refractivity contribution in [3.63, 3.8) is 0 Å². The second-order valence-corrected chi connectivity index (χ2v) is 7.41. The summed E-state index contributed by atoms with van der Waals surface area (Å²) in [6, 6.07) is 7.24. The van der Waals surface area contributed by atoms with Crippen LogP contribution in [0.4, 0.5) is 19.6 Å². The van der Waals surface area contributed by atoms with Gasteiger partial charge in [0.25, 0.3) is 12.0 Å². The zero-order chi connectivity index (χ0) is 19.7. The third-order valence-electron chi connectivity index (χ3n) is 4.67. The van der Waals surface area contributed by atoms with E-state index in [0.717, 1.165) is 38.9 Å². The van der Waals surface area contributed by atoms with Crippen LogP contribution >= 0.6 is 11.3 Å². The molecule has 148 valence electrons. The number of fused-ring (bicyclic) bond motifs is 1. The van der Waals surface area contributed by atoms with Gasteiger partial charge in [-0.2, -0.15) is 5.10 Å². The summed E-state index contributed by atoms with van der Waals surface area (Å²) in [5.41, 5.74) is 0.999. The minimum Gasteiger partial charge on any atom is -0.494 e. The molecule has 1 saturated heterocycles. The first-order chi connectivity index (χ1) is 13.5. The van der Waals surface area contributed by atoms with Gasteiger partial charge >= 0.3 is 0 Å². The maximum atomic E-state index is 12.5. The van der Waals surface area contributed by atoms with Crippen molar-refractivity contribution in [1.82, 2.24) is 14.8 Å². The van der Waals surface area contributed by atoms with E-state index in [2.05, 4.69) is 10.00 Å². The van der Waals surface area contributed by atoms with Crippen molar-refractivity contribution >= 4 is 32.4 Å². The lowest BCUT2D eigenvalue weighted by Crippen LogP contribution is -2.47. The number of nitrogens with zero attached hydrogens (tertiary/aromatic N) is 5. The number of piperazine rings is 1. The molecule has 4 rings (SSSR count). The maximum Gasteiger partial charge on any atom is 0.269 e. The number of halogens is 2. The second-order valence-electron chi connectivity index (χ2n) is 6.40. The minimum absolute atomic E-state index is 0.515. The van der Waals surface area contributed by atoms with E-state index in [0.29, 0.717) is 18.8 Å². The van der Waals surface area contributed by atoms with E-state index >= 15 is 0 Å². The highest BCUT2D eigenvalue weighted by molar-refractivity contribution is 7.22. The Morgan fingerprint density at radius 3 is 2.64 bits per heavy atom. The predicted octanol–water partition coefficient (Wildman–Crippen LogP) is 2.45. The number of rotatable bonds is 5. The summed E-state index contributed by atoms with van der Waals surface area (Å²) >= 11 is 1.62. The molecule has 1 fully saturated rings. The fourth-order valence-electron chi connectivity index (χ4n) is 3.23. The standard InChI is InChI=1S/C18H19F2N5O2S/c1-27-13-3-2-4-14-17(13)22-18(28-14)24-7-5-23(6-8-24)12-9-16(26)25(21-10-12)11-15(19)20/h2-4,9-10,15H,5-8,11H2,1H3. The third kappa shape index (κ3) is 3.64. The van der Waals surface area contributed by atoms with Crippen molar-refractivity contribution in [2.24, 2.45) is 0 Å². The number of hydrogen-bond acceptors (Lipinski definition) is 7. The molecular weight excluding hydrogens is 388 g/mol. The smallest absolute Gasteiger partial charge is 0.269 e. The lowest BCUT2D eigenvalue weighted by molar-refractivity contribution is 0.119. The highest BCUT2D eigenvalue weighted by Gasteiger charge is 2.21. The van der Waals surface area contributed by atoms with Crippen molar-refractivity contribution in [3.8, 4) is 5.75 Å². The Morgan fingerprint density at radius 2 is 1.96 bits per heavy atom. The van der Waals surface area contributed by atoms with Gasteiger partial charge in [0.2, 0.25) is 0 Å². The Morgan fingerprint density at radius 1 is 1.21 bits per heavy atom. The van der Waals surface area contributed by atoms with Gasteiger partial charge < -0.3 is 14.5 Å². The molecule has 28 heavy (non-hydrogen) atoms. The second kappa shape index (κ2) is 7.70. The van der Waals surface area contributed by atoms with Gasteiger partial charge in [-0.15, -0.1) is 0 Å². The van der Waals surface area contributed by atoms with Gasteiger partial charge in [0, 0.05) is 32.2 Å². The van der Waals surface area contributed by atoms with Crippen molar-refractivity contribution in [2.45, 2.75) is 13.0 Å². The van der Waals surface area contributed by atoms with Gasteiger partial charge in [-0.25, -0.2) is 18.4 Å². The molecule has 1 aliphatic rings. The molecule has 0 saturated carbocycles. The van der Waals surface area contributed by atoms with E-state index in [1.165, 1.54) is 12.3 Å². The van der Waals surface area contributed by atoms with Crippen molar-refractivity contribution in [1.29, 1.82) is 0 Å². The Labute approximate surface area is 163 Å². The van der Waals surface area contributed by atoms with Crippen LogP contribution in [0.2, 0.25) is 0 Å². The topological polar surface area (TPSA) is 63.5 Å². The molecule has 7 nitrogen and oxygen atoms in total. The number of aromatic nitrogens is 3. The summed E-state index contributed by atoms with van der Waals surface area (Å²) in [4.78, 5) is 20.9. The van der Waals surface area contributed by atoms with E-state index in [4.69, 9.17) is 9.72 Å². The average molecular weight is 407 g/mol. The molecule has 0 radical (unpaired) electrons. The molecule has 0 amide bonds. The minimum atomic E-state index is -2.60. The van der Waals surface area contributed by atoms with Crippen LogP contribution in [0.5, 0.6) is 5.75 Å². The molecule has 0 N–H and O–H groups in total. The van der Waals surface area contributed by atoms with E-state index in [1.807, 2.05) is 23.1 Å². The summed E-state index contributed by atoms with van der Waals surface area (Å²) in [5.74, 6) is 0.758. The molecule has 0 bridgehead atoms. The Balaban J connectivity index is 1.46. The first kappa shape index (κ1) is 18.6. The number of benzene rings is 1. The van der Waals surface area contributed by atoms with Crippen LogP contribution in [0.25, 0.3) is 10.2 Å². The summed E-state index contributed by atoms with van der Waals surface area (Å²) in [5, 5.41) is 4.80. The molecule has 0 aliphatic carbocycles. The zero-order valence-electron chi connectivity index (χ0n) is 15.2. The number of hydrogen-bond donors (Lipinski definition) is 0. The molecule has 0 unspecified atom stereocenters. The average Bonchev–Trinajstić information content (AvgIpc) is 3.14. The van der Waals surface area contributed by atoms with Gasteiger partial charge in [-0.1, -0.05) is 17.4 Å². The molecule has 2 aromatic heterocycles. The summed E-state index contributed by atoms with van der Waals surface area (Å²) < 4.78 is 32.2. The molecule has 0 spiro atoms. The highest BCUT2D eigenvalue weighted by atomic mass is 32.1. The quantitative estimate of drug-likeness (QED) is 0.648. The summed E-state index contributed by atoms with van der Waals surface area (Å²) in [6.07, 6.45) is -1.13. The Bertz CT molecular complexity index is 1030. The third-order valence-corrected chi connectivity index (χ3v) is 5.75. The first-order valence-corrected chi connectivity index (χ1v) is 9.65. The van der Waals surface area contributed by atoms with Crippen LogP contribution < -0.4 is 20.1 Å². The summed E-state index contributed by atoms with van der Waals surface area (Å²) in [6.45, 7) is 2.17. The van der Waals surface area contributed by atoms with Crippen LogP contribution in [0.3, 0.4) is 0 Å². The van der Waals surface area contributed by atoms with Crippen LogP contribution in [-0.4, -0.2) is 54.5 Å². The number of anilines is 2. The fourth-order valence-corrected chi connectivity index (χ4v) is 4.27. The normalized spacial score (nSPS) is 14.9. The van der Waals surface area contributed by atoms with Gasteiger partial charge in [-0.3, -0.25) is 4.79 Å². The van der Waals surface area contributed by atoms with Crippen LogP contribution in [0.15, 0.2) is 35.3 Å². The van der Waals surface area contributed by atoms with Crippen LogP contribution in [0, 0.1) is 0 Å². The highest BCUT2D eigenvalue weighted by Crippen LogP contribution is 2.34. The van der Waals surface area contributed by atoms with E-state index in [1.54, 1.807) is 18.4 Å². The zero-order valence-corrected chi connectivity index (χ0v) is 16.0. The summed E-state index contributed by atoms with van der Waals surface area (Å²) in [7, 11) is 1.63. The van der Waals surface area contributed by atoms with Crippen molar-refractivity contribution in [2.75, 3.05) is 43.1 Å². The lowest BCUT2D eigenvalue weighted by Gasteiger charge is -2.35. The molecule has 10 heteroatoms. The van der Waals surface area contributed by atoms with Crippen molar-refractivity contribution < 1.29 is 13.5 Å².